The molecule has 0 spiro atoms. The highest BCUT2D eigenvalue weighted by atomic mass is 16.1. The van der Waals surface area contributed by atoms with E-state index in [4.69, 9.17) is 5.73 Å². The van der Waals surface area contributed by atoms with Crippen LogP contribution in [0.5, 0.6) is 0 Å². The van der Waals surface area contributed by atoms with Crippen LogP contribution >= 0.6 is 0 Å². The number of hydrogen-bond acceptors (Lipinski definition) is 3. The van der Waals surface area contributed by atoms with Crippen molar-refractivity contribution in [2.75, 3.05) is 20.1 Å². The number of nitrogens with zero attached hydrogens (tertiary/aromatic N) is 1. The Morgan fingerprint density at radius 3 is 2.83 bits per heavy atom. The third-order valence-electron chi connectivity index (χ3n) is 2.59. The Morgan fingerprint density at radius 2 is 2.42 bits per heavy atom. The summed E-state index contributed by atoms with van der Waals surface area (Å²) in [6.45, 7) is 3.76. The van der Waals surface area contributed by atoms with E-state index in [-0.39, 0.29) is 11.9 Å². The molecule has 1 heterocycles. The fourth-order valence-electron chi connectivity index (χ4n) is 1.55. The van der Waals surface area contributed by atoms with Gasteiger partial charge in [0.25, 0.3) is 0 Å². The number of likely N-dealkylation sites (tertiary alicyclic amines) is 1. The third-order valence-corrected chi connectivity index (χ3v) is 2.59. The van der Waals surface area contributed by atoms with Gasteiger partial charge in [0.2, 0.25) is 5.91 Å². The van der Waals surface area contributed by atoms with Crippen LogP contribution in [0.1, 0.15) is 13.3 Å². The van der Waals surface area contributed by atoms with E-state index >= 15 is 0 Å². The summed E-state index contributed by atoms with van der Waals surface area (Å²) in [6.07, 6.45) is 1.11. The summed E-state index contributed by atoms with van der Waals surface area (Å²) in [7, 11) is 1.95. The first-order chi connectivity index (χ1) is 5.65. The van der Waals surface area contributed by atoms with Crippen LogP contribution in [0.4, 0.5) is 0 Å². The Balaban J connectivity index is 2.41. The molecule has 1 fully saturated rings. The van der Waals surface area contributed by atoms with Crippen molar-refractivity contribution in [2.45, 2.75) is 25.4 Å². The van der Waals surface area contributed by atoms with E-state index in [2.05, 4.69) is 10.2 Å². The lowest BCUT2D eigenvalue weighted by molar-refractivity contribution is -0.122. The molecule has 70 valence electrons. The third kappa shape index (κ3) is 1.95. The lowest BCUT2D eigenvalue weighted by Crippen LogP contribution is -2.42. The van der Waals surface area contributed by atoms with Crippen LogP contribution in [-0.4, -0.2) is 43.0 Å². The predicted molar refractivity (Wildman–Crippen MR) is 47.7 cm³/mol. The van der Waals surface area contributed by atoms with Crippen molar-refractivity contribution < 1.29 is 4.79 Å². The van der Waals surface area contributed by atoms with Gasteiger partial charge in [-0.1, -0.05) is 0 Å². The summed E-state index contributed by atoms with van der Waals surface area (Å²) < 4.78 is 0. The van der Waals surface area contributed by atoms with Crippen LogP contribution in [0.15, 0.2) is 0 Å². The molecule has 0 aromatic heterocycles. The monoisotopic (exact) mass is 171 g/mol. The number of rotatable bonds is 3. The Kier molecular flexibility index (Phi) is 3.05. The SMILES string of the molecule is CN[C@H]1CCN(C(C)C(N)=O)C1. The highest BCUT2D eigenvalue weighted by Crippen LogP contribution is 2.11. The second-order valence-electron chi connectivity index (χ2n) is 3.35. The zero-order chi connectivity index (χ0) is 9.14. The van der Waals surface area contributed by atoms with E-state index in [1.807, 2.05) is 14.0 Å². The molecule has 0 bridgehead atoms. The standard InChI is InChI=1S/C8H17N3O/c1-6(8(9)12)11-4-3-7(5-11)10-2/h6-7,10H,3-5H2,1-2H3,(H2,9,12)/t6?,7-/m0/s1. The van der Waals surface area contributed by atoms with Crippen LogP contribution in [0, 0.1) is 0 Å². The van der Waals surface area contributed by atoms with Crippen molar-refractivity contribution in [2.24, 2.45) is 5.73 Å². The van der Waals surface area contributed by atoms with E-state index < -0.39 is 0 Å². The predicted octanol–water partition coefficient (Wildman–Crippen LogP) is -0.846. The zero-order valence-corrected chi connectivity index (χ0v) is 7.71. The minimum Gasteiger partial charge on any atom is -0.368 e. The first kappa shape index (κ1) is 9.48. The largest absolute Gasteiger partial charge is 0.368 e. The molecule has 1 unspecified atom stereocenters. The van der Waals surface area contributed by atoms with E-state index in [0.717, 1.165) is 19.5 Å². The molecule has 3 N–H and O–H groups in total. The van der Waals surface area contributed by atoms with Crippen molar-refractivity contribution in [1.29, 1.82) is 0 Å². The molecule has 12 heavy (non-hydrogen) atoms. The second kappa shape index (κ2) is 3.87. The molecule has 1 aliphatic heterocycles. The van der Waals surface area contributed by atoms with Crippen LogP contribution in [-0.2, 0) is 4.79 Å². The van der Waals surface area contributed by atoms with Gasteiger partial charge in [-0.3, -0.25) is 9.69 Å². The quantitative estimate of drug-likeness (QED) is 0.582. The molecule has 0 saturated carbocycles. The van der Waals surface area contributed by atoms with Crippen molar-refractivity contribution in [3.05, 3.63) is 0 Å². The van der Waals surface area contributed by atoms with Gasteiger partial charge in [-0.15, -0.1) is 0 Å². The van der Waals surface area contributed by atoms with Gasteiger partial charge in [-0.25, -0.2) is 0 Å². The summed E-state index contributed by atoms with van der Waals surface area (Å²) >= 11 is 0. The first-order valence-corrected chi connectivity index (χ1v) is 4.35. The zero-order valence-electron chi connectivity index (χ0n) is 7.71. The molecule has 0 radical (unpaired) electrons. The molecule has 1 amide bonds. The molecule has 1 rings (SSSR count). The highest BCUT2D eigenvalue weighted by Gasteiger charge is 2.27. The number of amides is 1. The summed E-state index contributed by atoms with van der Waals surface area (Å²) in [5.41, 5.74) is 5.20. The van der Waals surface area contributed by atoms with Crippen LogP contribution in [0.3, 0.4) is 0 Å². The molecular weight excluding hydrogens is 154 g/mol. The normalized spacial score (nSPS) is 27.3. The topological polar surface area (TPSA) is 58.4 Å². The molecule has 0 aromatic rings. The minimum absolute atomic E-state index is 0.122. The summed E-state index contributed by atoms with van der Waals surface area (Å²) in [6, 6.07) is 0.398. The number of carbonyl (C=O) groups is 1. The van der Waals surface area contributed by atoms with E-state index in [1.54, 1.807) is 0 Å². The smallest absolute Gasteiger partial charge is 0.234 e. The van der Waals surface area contributed by atoms with Crippen LogP contribution in [0.2, 0.25) is 0 Å². The fourth-order valence-corrected chi connectivity index (χ4v) is 1.55. The summed E-state index contributed by atoms with van der Waals surface area (Å²) in [5.74, 6) is -0.230. The summed E-state index contributed by atoms with van der Waals surface area (Å²) in [5, 5.41) is 3.19. The molecular formula is C8H17N3O. The summed E-state index contributed by atoms with van der Waals surface area (Å²) in [4.78, 5) is 13.0. The molecule has 4 nitrogen and oxygen atoms in total. The number of nitrogens with two attached hydrogens (primary N) is 1. The lowest BCUT2D eigenvalue weighted by atomic mass is 10.3. The van der Waals surface area contributed by atoms with Crippen molar-refractivity contribution in [3.63, 3.8) is 0 Å². The molecule has 1 saturated heterocycles. The maximum Gasteiger partial charge on any atom is 0.234 e. The number of carbonyl (C=O) groups excluding carboxylic acids is 1. The van der Waals surface area contributed by atoms with Gasteiger partial charge in [0, 0.05) is 19.1 Å². The molecule has 0 aromatic carbocycles. The number of likely N-dealkylation sites (N-methyl/N-ethyl adjacent to an activating group) is 1. The molecule has 0 aliphatic carbocycles. The molecule has 2 atom stereocenters. The van der Waals surface area contributed by atoms with Gasteiger partial charge in [-0.2, -0.15) is 0 Å². The average molecular weight is 171 g/mol. The average Bonchev–Trinajstić information content (AvgIpc) is 2.50. The van der Waals surface area contributed by atoms with E-state index in [0.29, 0.717) is 6.04 Å². The van der Waals surface area contributed by atoms with Gasteiger partial charge in [0.05, 0.1) is 6.04 Å². The van der Waals surface area contributed by atoms with Gasteiger partial charge in [0.15, 0.2) is 0 Å². The fraction of sp³-hybridized carbons (Fsp3) is 0.875. The highest BCUT2D eigenvalue weighted by molar-refractivity contribution is 5.79. The molecule has 4 heteroatoms. The van der Waals surface area contributed by atoms with Crippen LogP contribution < -0.4 is 11.1 Å². The van der Waals surface area contributed by atoms with E-state index in [1.165, 1.54) is 0 Å². The Labute approximate surface area is 73.1 Å². The van der Waals surface area contributed by atoms with Crippen molar-refractivity contribution >= 4 is 5.91 Å². The van der Waals surface area contributed by atoms with Crippen molar-refractivity contribution in [3.8, 4) is 0 Å². The van der Waals surface area contributed by atoms with Gasteiger partial charge in [0.1, 0.15) is 0 Å². The molecule has 1 aliphatic rings. The maximum absolute atomic E-state index is 10.8. The van der Waals surface area contributed by atoms with Crippen molar-refractivity contribution in [1.82, 2.24) is 10.2 Å². The van der Waals surface area contributed by atoms with Gasteiger partial charge in [-0.05, 0) is 20.4 Å². The number of hydrogen-bond donors (Lipinski definition) is 2. The second-order valence-corrected chi connectivity index (χ2v) is 3.35. The van der Waals surface area contributed by atoms with Crippen LogP contribution in [0.25, 0.3) is 0 Å². The van der Waals surface area contributed by atoms with Gasteiger partial charge < -0.3 is 11.1 Å². The maximum atomic E-state index is 10.8. The lowest BCUT2D eigenvalue weighted by Gasteiger charge is -2.20. The van der Waals surface area contributed by atoms with Gasteiger partial charge >= 0.3 is 0 Å². The minimum atomic E-state index is -0.230. The Bertz CT molecular complexity index is 172. The number of primary amides is 1. The van der Waals surface area contributed by atoms with E-state index in [9.17, 15) is 4.79 Å². The first-order valence-electron chi connectivity index (χ1n) is 4.35. The Morgan fingerprint density at radius 1 is 1.75 bits per heavy atom. The Hall–Kier alpha value is -0.610. The number of nitrogens with one attached hydrogen (secondary N) is 1.